The maximum atomic E-state index is 13.6. The van der Waals surface area contributed by atoms with Crippen molar-refractivity contribution in [2.24, 2.45) is 4.99 Å². The molecule has 0 saturated carbocycles. The Morgan fingerprint density at radius 1 is 1.27 bits per heavy atom. The zero-order chi connectivity index (χ0) is 19.9. The van der Waals surface area contributed by atoms with Crippen LogP contribution in [0.1, 0.15) is 40.5 Å². The number of allylic oxidation sites excluding steroid dienone is 1. The van der Waals surface area contributed by atoms with E-state index < -0.39 is 12.3 Å². The number of hydrogen-bond donors (Lipinski definition) is 3. The quantitative estimate of drug-likeness (QED) is 0.188. The third kappa shape index (κ3) is 12.1. The molecule has 0 aliphatic heterocycles. The van der Waals surface area contributed by atoms with E-state index in [1.54, 1.807) is 13.1 Å². The van der Waals surface area contributed by atoms with Crippen molar-refractivity contribution in [1.29, 1.82) is 0 Å². The van der Waals surface area contributed by atoms with Gasteiger partial charge in [-0.3, -0.25) is 20.4 Å². The first-order valence-corrected chi connectivity index (χ1v) is 9.09. The monoisotopic (exact) mass is 376 g/mol. The first-order chi connectivity index (χ1) is 12.3. The third-order valence-corrected chi connectivity index (χ3v) is 3.62. The molecule has 0 aromatic carbocycles. The van der Waals surface area contributed by atoms with Crippen LogP contribution in [0.15, 0.2) is 16.6 Å². The molecule has 0 aromatic heterocycles. The summed E-state index contributed by atoms with van der Waals surface area (Å²) < 4.78 is 31.8. The molecule has 6 nitrogen and oxygen atoms in total. The van der Waals surface area contributed by atoms with E-state index in [-0.39, 0.29) is 25.4 Å². The molecular formula is C18H34F2N4O2. The van der Waals surface area contributed by atoms with Crippen LogP contribution in [0, 0.1) is 0 Å². The molecule has 0 aromatic rings. The van der Waals surface area contributed by atoms with Crippen LogP contribution in [0.2, 0.25) is 0 Å². The van der Waals surface area contributed by atoms with Crippen molar-refractivity contribution < 1.29 is 18.3 Å². The van der Waals surface area contributed by atoms with Gasteiger partial charge in [0, 0.05) is 13.1 Å². The molecule has 0 heterocycles. The fraction of sp³-hybridized carbons (Fsp3) is 0.778. The van der Waals surface area contributed by atoms with Crippen molar-refractivity contribution in [2.75, 3.05) is 33.5 Å². The van der Waals surface area contributed by atoms with Crippen molar-refractivity contribution in [2.45, 2.75) is 59.0 Å². The molecule has 0 aliphatic carbocycles. The zero-order valence-electron chi connectivity index (χ0n) is 16.6. The minimum absolute atomic E-state index is 0.0500. The fourth-order valence-corrected chi connectivity index (χ4v) is 2.01. The Kier molecular flexibility index (Phi) is 14.0. The van der Waals surface area contributed by atoms with Crippen molar-refractivity contribution in [3.63, 3.8) is 0 Å². The largest absolute Gasteiger partial charge is 0.360 e. The Hall–Kier alpha value is -1.38. The number of hydrogen-bond acceptors (Lipinski definition) is 5. The van der Waals surface area contributed by atoms with Gasteiger partial charge in [0.2, 0.25) is 0 Å². The van der Waals surface area contributed by atoms with E-state index in [2.05, 4.69) is 20.9 Å². The summed E-state index contributed by atoms with van der Waals surface area (Å²) in [5.74, 6) is -0.270. The third-order valence-electron chi connectivity index (χ3n) is 3.62. The SMILES string of the molecule is CCNC(=O)/C(COCNC/C(=C/CCC(C)F)C(C)F)=N/C(C)NC. The average Bonchev–Trinajstić information content (AvgIpc) is 2.58. The number of nitrogens with one attached hydrogen (secondary N) is 3. The highest BCUT2D eigenvalue weighted by molar-refractivity contribution is 6.39. The van der Waals surface area contributed by atoms with Crippen LogP contribution >= 0.6 is 0 Å². The van der Waals surface area contributed by atoms with E-state index in [0.717, 1.165) is 0 Å². The zero-order valence-corrected chi connectivity index (χ0v) is 16.6. The van der Waals surface area contributed by atoms with E-state index in [4.69, 9.17) is 4.74 Å². The second-order valence-electron chi connectivity index (χ2n) is 6.07. The molecule has 3 unspecified atom stereocenters. The average molecular weight is 376 g/mol. The van der Waals surface area contributed by atoms with E-state index in [9.17, 15) is 13.6 Å². The number of carbonyl (C=O) groups excluding carboxylic acids is 1. The smallest absolute Gasteiger partial charge is 0.267 e. The van der Waals surface area contributed by atoms with Crippen molar-refractivity contribution in [3.8, 4) is 0 Å². The molecule has 0 aliphatic rings. The van der Waals surface area contributed by atoms with E-state index in [1.165, 1.54) is 13.8 Å². The minimum atomic E-state index is -1.11. The number of halogens is 2. The normalized spacial score (nSPS) is 16.3. The standard InChI is InChI=1S/C18H34F2N4O2/c1-6-23-18(25)17(24-15(4)21-5)11-26-12-22-10-16(14(3)20)9-7-8-13(2)19/h9,13-15,21-22H,6-8,10-12H2,1-5H3,(H,23,25)/b16-9-,24-17+. The first kappa shape index (κ1) is 24.6. The van der Waals surface area contributed by atoms with Crippen LogP contribution in [0.25, 0.3) is 0 Å². The van der Waals surface area contributed by atoms with Crippen LogP contribution in [-0.2, 0) is 9.53 Å². The summed E-state index contributed by atoms with van der Waals surface area (Å²) in [5.41, 5.74) is 0.859. The molecule has 152 valence electrons. The Morgan fingerprint density at radius 2 is 1.96 bits per heavy atom. The lowest BCUT2D eigenvalue weighted by atomic mass is 10.1. The summed E-state index contributed by atoms with van der Waals surface area (Å²) in [6, 6.07) is 0. The van der Waals surface area contributed by atoms with Crippen molar-refractivity contribution >= 4 is 11.6 Å². The lowest BCUT2D eigenvalue weighted by Gasteiger charge is -2.13. The maximum Gasteiger partial charge on any atom is 0.267 e. The van der Waals surface area contributed by atoms with Gasteiger partial charge in [-0.2, -0.15) is 0 Å². The Bertz CT molecular complexity index is 454. The second kappa shape index (κ2) is 14.8. The molecule has 26 heavy (non-hydrogen) atoms. The van der Waals surface area contributed by atoms with E-state index in [0.29, 0.717) is 37.2 Å². The summed E-state index contributed by atoms with van der Waals surface area (Å²) in [6.45, 7) is 7.60. The molecule has 8 heteroatoms. The van der Waals surface area contributed by atoms with Gasteiger partial charge >= 0.3 is 0 Å². The van der Waals surface area contributed by atoms with Gasteiger partial charge in [0.1, 0.15) is 11.9 Å². The van der Waals surface area contributed by atoms with E-state index in [1.807, 2.05) is 13.8 Å². The molecule has 3 N–H and O–H groups in total. The number of nitrogens with zero attached hydrogens (tertiary/aromatic N) is 1. The number of amides is 1. The minimum Gasteiger partial charge on any atom is -0.360 e. The molecule has 0 radical (unpaired) electrons. The molecule has 0 bridgehead atoms. The molecule has 0 saturated heterocycles. The summed E-state index contributed by atoms with van der Waals surface area (Å²) in [5, 5.41) is 8.60. The van der Waals surface area contributed by atoms with Crippen molar-refractivity contribution in [3.05, 3.63) is 11.6 Å². The lowest BCUT2D eigenvalue weighted by molar-refractivity contribution is -0.115. The number of carbonyl (C=O) groups is 1. The molecule has 0 spiro atoms. The number of alkyl halides is 2. The Morgan fingerprint density at radius 3 is 2.50 bits per heavy atom. The van der Waals surface area contributed by atoms with Gasteiger partial charge < -0.3 is 10.1 Å². The molecule has 0 fully saturated rings. The summed E-state index contributed by atoms with van der Waals surface area (Å²) in [7, 11) is 1.75. The predicted molar refractivity (Wildman–Crippen MR) is 102 cm³/mol. The van der Waals surface area contributed by atoms with Gasteiger partial charge in [0.15, 0.2) is 0 Å². The molecular weight excluding hydrogens is 342 g/mol. The van der Waals surface area contributed by atoms with Gasteiger partial charge in [-0.05, 0) is 53.2 Å². The summed E-state index contributed by atoms with van der Waals surface area (Å²) >= 11 is 0. The van der Waals surface area contributed by atoms with Gasteiger partial charge in [0.05, 0.1) is 25.7 Å². The molecule has 0 rings (SSSR count). The molecule has 3 atom stereocenters. The van der Waals surface area contributed by atoms with Crippen LogP contribution < -0.4 is 16.0 Å². The van der Waals surface area contributed by atoms with E-state index >= 15 is 0 Å². The van der Waals surface area contributed by atoms with Crippen LogP contribution in [0.3, 0.4) is 0 Å². The number of ether oxygens (including phenoxy) is 1. The highest BCUT2D eigenvalue weighted by Gasteiger charge is 2.12. The second-order valence-corrected chi connectivity index (χ2v) is 6.07. The highest BCUT2D eigenvalue weighted by Crippen LogP contribution is 2.09. The summed E-state index contributed by atoms with van der Waals surface area (Å²) in [6.07, 6.45) is 0.392. The lowest BCUT2D eigenvalue weighted by Crippen LogP contribution is -2.36. The van der Waals surface area contributed by atoms with Gasteiger partial charge in [-0.1, -0.05) is 6.08 Å². The fourth-order valence-electron chi connectivity index (χ4n) is 2.01. The Balaban J connectivity index is 4.40. The Labute approximate surface area is 155 Å². The van der Waals surface area contributed by atoms with Crippen LogP contribution in [0.4, 0.5) is 8.78 Å². The number of rotatable bonds is 14. The first-order valence-electron chi connectivity index (χ1n) is 9.09. The van der Waals surface area contributed by atoms with Gasteiger partial charge in [-0.25, -0.2) is 8.78 Å². The summed E-state index contributed by atoms with van der Waals surface area (Å²) in [4.78, 5) is 16.2. The van der Waals surface area contributed by atoms with Crippen molar-refractivity contribution in [1.82, 2.24) is 16.0 Å². The van der Waals surface area contributed by atoms with Gasteiger partial charge in [0.25, 0.3) is 5.91 Å². The highest BCUT2D eigenvalue weighted by atomic mass is 19.1. The molecule has 1 amide bonds. The topological polar surface area (TPSA) is 74.8 Å². The predicted octanol–water partition coefficient (Wildman–Crippen LogP) is 2.12. The maximum absolute atomic E-state index is 13.6. The van der Waals surface area contributed by atoms with Gasteiger partial charge in [-0.15, -0.1) is 0 Å². The van der Waals surface area contributed by atoms with Crippen LogP contribution in [0.5, 0.6) is 0 Å². The van der Waals surface area contributed by atoms with Crippen LogP contribution in [-0.4, -0.2) is 63.6 Å². The number of aliphatic imine (C=N–C) groups is 1.